The van der Waals surface area contributed by atoms with Crippen LogP contribution in [0.2, 0.25) is 0 Å². The molecule has 1 aromatic heterocycles. The number of carbonyl (C=O) groups is 1. The number of benzene rings is 2. The minimum Gasteiger partial charge on any atom is -0.497 e. The van der Waals surface area contributed by atoms with Crippen molar-refractivity contribution < 1.29 is 34.0 Å². The average Bonchev–Trinajstić information content (AvgIpc) is 2.94. The van der Waals surface area contributed by atoms with E-state index >= 15 is 0 Å². The SMILES string of the molecule is COc1ccc(COc2ccc(C3CN(C(=O)c4cc(COCC(CO)CO)ccn4)C3)cc2OC)cc1. The summed E-state index contributed by atoms with van der Waals surface area (Å²) in [5.41, 5.74) is 3.28. The molecular formula is C29H34N2O7. The molecule has 1 aliphatic heterocycles. The average molecular weight is 523 g/mol. The first kappa shape index (κ1) is 27.4. The molecule has 2 aromatic carbocycles. The van der Waals surface area contributed by atoms with E-state index in [2.05, 4.69) is 4.98 Å². The zero-order valence-electron chi connectivity index (χ0n) is 21.7. The van der Waals surface area contributed by atoms with Crippen molar-refractivity contribution in [2.75, 3.05) is 47.1 Å². The lowest BCUT2D eigenvalue weighted by atomic mass is 9.91. The minimum absolute atomic E-state index is 0.127. The summed E-state index contributed by atoms with van der Waals surface area (Å²) in [4.78, 5) is 19.0. The Morgan fingerprint density at radius 3 is 2.39 bits per heavy atom. The van der Waals surface area contributed by atoms with Crippen LogP contribution in [0.5, 0.6) is 17.2 Å². The Morgan fingerprint density at radius 1 is 0.947 bits per heavy atom. The van der Waals surface area contributed by atoms with E-state index in [1.807, 2.05) is 42.5 Å². The Morgan fingerprint density at radius 2 is 1.71 bits per heavy atom. The highest BCUT2D eigenvalue weighted by Crippen LogP contribution is 2.35. The van der Waals surface area contributed by atoms with Gasteiger partial charge in [0.1, 0.15) is 18.1 Å². The molecule has 1 aliphatic rings. The first-order chi connectivity index (χ1) is 18.5. The standard InChI is InChI=1S/C29H34N2O7/c1-35-25-6-3-20(4-7-25)19-38-27-8-5-23(12-28(27)36-2)24-13-31(14-24)29(34)26-11-21(9-10-30-26)17-37-18-22(15-32)16-33/h3-12,22,24,32-33H,13-19H2,1-2H3. The third kappa shape index (κ3) is 6.80. The molecule has 202 valence electrons. The van der Waals surface area contributed by atoms with E-state index < -0.39 is 0 Å². The maximum atomic E-state index is 13.0. The van der Waals surface area contributed by atoms with Crippen molar-refractivity contribution in [3.8, 4) is 17.2 Å². The van der Waals surface area contributed by atoms with Crippen molar-refractivity contribution in [1.82, 2.24) is 9.88 Å². The van der Waals surface area contributed by atoms with Crippen LogP contribution in [0, 0.1) is 5.92 Å². The summed E-state index contributed by atoms with van der Waals surface area (Å²) >= 11 is 0. The Balaban J connectivity index is 1.30. The van der Waals surface area contributed by atoms with Gasteiger partial charge in [-0.2, -0.15) is 0 Å². The van der Waals surface area contributed by atoms with E-state index in [1.165, 1.54) is 0 Å². The van der Waals surface area contributed by atoms with Gasteiger partial charge >= 0.3 is 0 Å². The van der Waals surface area contributed by atoms with E-state index in [0.29, 0.717) is 36.9 Å². The summed E-state index contributed by atoms with van der Waals surface area (Å²) in [7, 11) is 3.25. The van der Waals surface area contributed by atoms with Gasteiger partial charge in [-0.25, -0.2) is 0 Å². The van der Waals surface area contributed by atoms with Gasteiger partial charge in [0.15, 0.2) is 11.5 Å². The first-order valence-electron chi connectivity index (χ1n) is 12.5. The van der Waals surface area contributed by atoms with Crippen LogP contribution in [0.25, 0.3) is 0 Å². The van der Waals surface area contributed by atoms with Crippen molar-refractivity contribution in [3.63, 3.8) is 0 Å². The van der Waals surface area contributed by atoms with Gasteiger partial charge in [-0.3, -0.25) is 9.78 Å². The third-order valence-electron chi connectivity index (χ3n) is 6.56. The Hall–Kier alpha value is -3.66. The van der Waals surface area contributed by atoms with Crippen LogP contribution < -0.4 is 14.2 Å². The second kappa shape index (κ2) is 13.2. The molecular weight excluding hydrogens is 488 g/mol. The van der Waals surface area contributed by atoms with Gasteiger partial charge in [-0.15, -0.1) is 0 Å². The highest BCUT2D eigenvalue weighted by Gasteiger charge is 2.33. The summed E-state index contributed by atoms with van der Waals surface area (Å²) in [6.07, 6.45) is 1.59. The predicted octanol–water partition coefficient (Wildman–Crippen LogP) is 3.03. The molecule has 0 saturated carbocycles. The molecule has 1 saturated heterocycles. The topological polar surface area (TPSA) is 111 Å². The molecule has 9 nitrogen and oxygen atoms in total. The van der Waals surface area contributed by atoms with Gasteiger partial charge in [0.05, 0.1) is 40.6 Å². The summed E-state index contributed by atoms with van der Waals surface area (Å²) in [5.74, 6) is 1.87. The molecule has 0 spiro atoms. The lowest BCUT2D eigenvalue weighted by molar-refractivity contribution is 0.0371. The molecule has 2 heterocycles. The number of nitrogens with zero attached hydrogens (tertiary/aromatic N) is 2. The molecule has 0 radical (unpaired) electrons. The van der Waals surface area contributed by atoms with Crippen molar-refractivity contribution in [3.05, 3.63) is 83.2 Å². The van der Waals surface area contributed by atoms with Crippen LogP contribution in [-0.4, -0.2) is 73.1 Å². The number of ether oxygens (including phenoxy) is 4. The number of likely N-dealkylation sites (tertiary alicyclic amines) is 1. The molecule has 1 amide bonds. The van der Waals surface area contributed by atoms with E-state index in [1.54, 1.807) is 37.4 Å². The first-order valence-corrected chi connectivity index (χ1v) is 12.5. The summed E-state index contributed by atoms with van der Waals surface area (Å²) in [5, 5.41) is 18.3. The molecule has 1 fully saturated rings. The van der Waals surface area contributed by atoms with Crippen molar-refractivity contribution in [2.24, 2.45) is 5.92 Å². The number of pyridine rings is 1. The van der Waals surface area contributed by atoms with E-state index in [9.17, 15) is 4.79 Å². The smallest absolute Gasteiger partial charge is 0.272 e. The van der Waals surface area contributed by atoms with Crippen LogP contribution in [0.15, 0.2) is 60.8 Å². The molecule has 0 aliphatic carbocycles. The molecule has 38 heavy (non-hydrogen) atoms. The number of aliphatic hydroxyl groups excluding tert-OH is 2. The van der Waals surface area contributed by atoms with Crippen molar-refractivity contribution in [1.29, 1.82) is 0 Å². The van der Waals surface area contributed by atoms with Crippen molar-refractivity contribution in [2.45, 2.75) is 19.1 Å². The maximum Gasteiger partial charge on any atom is 0.272 e. The fourth-order valence-corrected chi connectivity index (χ4v) is 4.15. The number of aliphatic hydroxyl groups is 2. The zero-order valence-corrected chi connectivity index (χ0v) is 21.7. The zero-order chi connectivity index (χ0) is 26.9. The summed E-state index contributed by atoms with van der Waals surface area (Å²) in [6, 6.07) is 17.1. The fraction of sp³-hybridized carbons (Fsp3) is 0.379. The second-order valence-electron chi connectivity index (χ2n) is 9.25. The Bertz CT molecular complexity index is 1190. The molecule has 4 rings (SSSR count). The predicted molar refractivity (Wildman–Crippen MR) is 141 cm³/mol. The quantitative estimate of drug-likeness (QED) is 0.353. The highest BCUT2D eigenvalue weighted by atomic mass is 16.5. The fourth-order valence-electron chi connectivity index (χ4n) is 4.15. The van der Waals surface area contributed by atoms with E-state index in [4.69, 9.17) is 29.2 Å². The number of hydrogen-bond donors (Lipinski definition) is 2. The maximum absolute atomic E-state index is 13.0. The normalized spacial score (nSPS) is 13.3. The number of amides is 1. The van der Waals surface area contributed by atoms with Gasteiger partial charge in [0.2, 0.25) is 0 Å². The lowest BCUT2D eigenvalue weighted by Gasteiger charge is -2.39. The van der Waals surface area contributed by atoms with E-state index in [0.717, 1.165) is 22.4 Å². The molecule has 0 unspecified atom stereocenters. The summed E-state index contributed by atoms with van der Waals surface area (Å²) in [6.45, 7) is 1.81. The van der Waals surface area contributed by atoms with Crippen LogP contribution in [-0.2, 0) is 18.0 Å². The largest absolute Gasteiger partial charge is 0.497 e. The second-order valence-corrected chi connectivity index (χ2v) is 9.25. The van der Waals surface area contributed by atoms with Gasteiger partial charge in [0, 0.05) is 31.1 Å². The van der Waals surface area contributed by atoms with Crippen LogP contribution in [0.3, 0.4) is 0 Å². The van der Waals surface area contributed by atoms with Gasteiger partial charge < -0.3 is 34.1 Å². The molecule has 3 aromatic rings. The number of hydrogen-bond acceptors (Lipinski definition) is 8. The van der Waals surface area contributed by atoms with Gasteiger partial charge in [0.25, 0.3) is 5.91 Å². The Labute approximate surface area is 222 Å². The van der Waals surface area contributed by atoms with Gasteiger partial charge in [-0.1, -0.05) is 18.2 Å². The van der Waals surface area contributed by atoms with E-state index in [-0.39, 0.29) is 44.2 Å². The minimum atomic E-state index is -0.316. The van der Waals surface area contributed by atoms with Crippen molar-refractivity contribution >= 4 is 5.91 Å². The molecule has 9 heteroatoms. The molecule has 2 N–H and O–H groups in total. The Kier molecular flexibility index (Phi) is 9.53. The lowest BCUT2D eigenvalue weighted by Crippen LogP contribution is -2.48. The molecule has 0 bridgehead atoms. The third-order valence-corrected chi connectivity index (χ3v) is 6.56. The van der Waals surface area contributed by atoms with Crippen LogP contribution in [0.1, 0.15) is 33.1 Å². The van der Waals surface area contributed by atoms with Crippen LogP contribution >= 0.6 is 0 Å². The summed E-state index contributed by atoms with van der Waals surface area (Å²) < 4.78 is 22.3. The number of carbonyl (C=O) groups excluding carboxylic acids is 1. The van der Waals surface area contributed by atoms with Gasteiger partial charge in [-0.05, 0) is 53.1 Å². The number of methoxy groups -OCH3 is 2. The van der Waals surface area contributed by atoms with Crippen LogP contribution in [0.4, 0.5) is 0 Å². The molecule has 0 atom stereocenters. The number of aromatic nitrogens is 1. The highest BCUT2D eigenvalue weighted by molar-refractivity contribution is 5.93. The number of rotatable bonds is 13. The monoisotopic (exact) mass is 522 g/mol.